The minimum Gasteiger partial charge on any atom is -0.292 e. The molecule has 0 amide bonds. The summed E-state index contributed by atoms with van der Waals surface area (Å²) in [6.07, 6.45) is 2.02. The third-order valence-corrected chi connectivity index (χ3v) is 3.15. The SMILES string of the molecule is Cc1ccc(CC(=O)c2ncccc2Br)cc1. The van der Waals surface area contributed by atoms with E-state index in [1.165, 1.54) is 5.56 Å². The van der Waals surface area contributed by atoms with Gasteiger partial charge in [0.15, 0.2) is 5.78 Å². The van der Waals surface area contributed by atoms with E-state index in [0.29, 0.717) is 12.1 Å². The minimum absolute atomic E-state index is 0.0290. The van der Waals surface area contributed by atoms with Crippen molar-refractivity contribution >= 4 is 21.7 Å². The molecule has 2 rings (SSSR count). The summed E-state index contributed by atoms with van der Waals surface area (Å²) in [4.78, 5) is 16.1. The molecule has 0 unspecified atom stereocenters. The van der Waals surface area contributed by atoms with Gasteiger partial charge >= 0.3 is 0 Å². The van der Waals surface area contributed by atoms with Gasteiger partial charge in [-0.05, 0) is 40.5 Å². The van der Waals surface area contributed by atoms with Crippen molar-refractivity contribution in [1.82, 2.24) is 4.98 Å². The van der Waals surface area contributed by atoms with Crippen LogP contribution in [0.4, 0.5) is 0 Å². The number of benzene rings is 1. The lowest BCUT2D eigenvalue weighted by Gasteiger charge is -2.03. The average molecular weight is 290 g/mol. The molecule has 0 N–H and O–H groups in total. The van der Waals surface area contributed by atoms with E-state index in [1.807, 2.05) is 37.3 Å². The summed E-state index contributed by atoms with van der Waals surface area (Å²) in [5.74, 6) is 0.0290. The fourth-order valence-corrected chi connectivity index (χ4v) is 2.04. The van der Waals surface area contributed by atoms with Gasteiger partial charge in [0.25, 0.3) is 0 Å². The van der Waals surface area contributed by atoms with Crippen LogP contribution in [0.2, 0.25) is 0 Å². The van der Waals surface area contributed by atoms with E-state index >= 15 is 0 Å². The number of aryl methyl sites for hydroxylation is 1. The summed E-state index contributed by atoms with van der Waals surface area (Å²) in [6.45, 7) is 2.03. The van der Waals surface area contributed by atoms with Crippen LogP contribution in [-0.4, -0.2) is 10.8 Å². The van der Waals surface area contributed by atoms with Gasteiger partial charge in [-0.3, -0.25) is 9.78 Å². The normalized spacial score (nSPS) is 10.2. The van der Waals surface area contributed by atoms with Crippen LogP contribution in [-0.2, 0) is 6.42 Å². The summed E-state index contributed by atoms with van der Waals surface area (Å²) in [5.41, 5.74) is 2.70. The quantitative estimate of drug-likeness (QED) is 0.809. The molecule has 0 bridgehead atoms. The number of carbonyl (C=O) groups is 1. The van der Waals surface area contributed by atoms with Crippen LogP contribution in [0, 0.1) is 6.92 Å². The van der Waals surface area contributed by atoms with Gasteiger partial charge in [0, 0.05) is 17.1 Å². The highest BCUT2D eigenvalue weighted by atomic mass is 79.9. The van der Waals surface area contributed by atoms with Crippen LogP contribution in [0.5, 0.6) is 0 Å². The molecule has 2 nitrogen and oxygen atoms in total. The molecule has 0 aliphatic rings. The number of hydrogen-bond acceptors (Lipinski definition) is 2. The Morgan fingerprint density at radius 3 is 2.59 bits per heavy atom. The molecule has 1 aromatic carbocycles. The first kappa shape index (κ1) is 12.0. The maximum atomic E-state index is 12.0. The molecular weight excluding hydrogens is 278 g/mol. The monoisotopic (exact) mass is 289 g/mol. The zero-order valence-electron chi connectivity index (χ0n) is 9.48. The summed E-state index contributed by atoms with van der Waals surface area (Å²) in [6, 6.07) is 11.6. The molecular formula is C14H12BrNO. The smallest absolute Gasteiger partial charge is 0.186 e. The van der Waals surface area contributed by atoms with Crippen molar-refractivity contribution in [1.29, 1.82) is 0 Å². The van der Waals surface area contributed by atoms with Crippen molar-refractivity contribution in [3.05, 3.63) is 63.9 Å². The maximum absolute atomic E-state index is 12.0. The largest absolute Gasteiger partial charge is 0.292 e. The first-order valence-corrected chi connectivity index (χ1v) is 6.15. The second-order valence-electron chi connectivity index (χ2n) is 3.92. The molecule has 17 heavy (non-hydrogen) atoms. The second-order valence-corrected chi connectivity index (χ2v) is 4.77. The number of pyridine rings is 1. The summed E-state index contributed by atoms with van der Waals surface area (Å²) in [5, 5.41) is 0. The van der Waals surface area contributed by atoms with Crippen LogP contribution in [0.3, 0.4) is 0 Å². The van der Waals surface area contributed by atoms with Crippen molar-refractivity contribution in [3.63, 3.8) is 0 Å². The zero-order chi connectivity index (χ0) is 12.3. The molecule has 3 heteroatoms. The number of nitrogens with zero attached hydrogens (tertiary/aromatic N) is 1. The Kier molecular flexibility index (Phi) is 3.69. The van der Waals surface area contributed by atoms with Crippen molar-refractivity contribution in [2.24, 2.45) is 0 Å². The predicted molar refractivity (Wildman–Crippen MR) is 71.2 cm³/mol. The van der Waals surface area contributed by atoms with Gasteiger partial charge in [-0.25, -0.2) is 0 Å². The Morgan fingerprint density at radius 1 is 1.24 bits per heavy atom. The Balaban J connectivity index is 2.17. The highest BCUT2D eigenvalue weighted by Gasteiger charge is 2.11. The lowest BCUT2D eigenvalue weighted by Crippen LogP contribution is -2.06. The Hall–Kier alpha value is -1.48. The highest BCUT2D eigenvalue weighted by Crippen LogP contribution is 2.16. The molecule has 0 fully saturated rings. The predicted octanol–water partition coefficient (Wildman–Crippen LogP) is 3.58. The fraction of sp³-hybridized carbons (Fsp3) is 0.143. The van der Waals surface area contributed by atoms with E-state index in [0.717, 1.165) is 10.0 Å². The molecule has 0 atom stereocenters. The molecule has 0 radical (unpaired) electrons. The van der Waals surface area contributed by atoms with Gasteiger partial charge in [-0.2, -0.15) is 0 Å². The number of halogens is 1. The van der Waals surface area contributed by atoms with Crippen molar-refractivity contribution in [3.8, 4) is 0 Å². The second kappa shape index (κ2) is 5.23. The number of carbonyl (C=O) groups excluding carboxylic acids is 1. The molecule has 1 heterocycles. The van der Waals surface area contributed by atoms with E-state index in [1.54, 1.807) is 12.3 Å². The van der Waals surface area contributed by atoms with Gasteiger partial charge in [-0.15, -0.1) is 0 Å². The lowest BCUT2D eigenvalue weighted by molar-refractivity contribution is 0.0987. The summed E-state index contributed by atoms with van der Waals surface area (Å²) >= 11 is 3.34. The molecule has 0 aliphatic carbocycles. The van der Waals surface area contributed by atoms with Crippen LogP contribution in [0.15, 0.2) is 47.1 Å². The van der Waals surface area contributed by atoms with E-state index in [-0.39, 0.29) is 5.78 Å². The first-order chi connectivity index (χ1) is 8.16. The van der Waals surface area contributed by atoms with Gasteiger partial charge in [0.1, 0.15) is 5.69 Å². The molecule has 0 spiro atoms. The molecule has 1 aromatic heterocycles. The lowest BCUT2D eigenvalue weighted by atomic mass is 10.1. The van der Waals surface area contributed by atoms with E-state index in [4.69, 9.17) is 0 Å². The minimum atomic E-state index is 0.0290. The van der Waals surface area contributed by atoms with Crippen LogP contribution >= 0.6 is 15.9 Å². The number of Topliss-reactive ketones (excluding diaryl/α,β-unsaturated/α-hetero) is 1. The van der Waals surface area contributed by atoms with Crippen molar-refractivity contribution in [2.45, 2.75) is 13.3 Å². The summed E-state index contributed by atoms with van der Waals surface area (Å²) in [7, 11) is 0. The Bertz CT molecular complexity index is 534. The molecule has 0 saturated carbocycles. The van der Waals surface area contributed by atoms with E-state index in [2.05, 4.69) is 20.9 Å². The van der Waals surface area contributed by atoms with Gasteiger partial charge in [0.05, 0.1) is 0 Å². The molecule has 86 valence electrons. The number of rotatable bonds is 3. The number of hydrogen-bond donors (Lipinski definition) is 0. The third-order valence-electron chi connectivity index (χ3n) is 2.51. The molecule has 0 aliphatic heterocycles. The number of ketones is 1. The first-order valence-electron chi connectivity index (χ1n) is 5.36. The zero-order valence-corrected chi connectivity index (χ0v) is 11.1. The van der Waals surface area contributed by atoms with Crippen molar-refractivity contribution in [2.75, 3.05) is 0 Å². The maximum Gasteiger partial charge on any atom is 0.186 e. The Labute approximate surface area is 109 Å². The molecule has 2 aromatic rings. The van der Waals surface area contributed by atoms with Crippen molar-refractivity contribution < 1.29 is 4.79 Å². The topological polar surface area (TPSA) is 30.0 Å². The summed E-state index contributed by atoms with van der Waals surface area (Å²) < 4.78 is 0.747. The third kappa shape index (κ3) is 3.01. The fourth-order valence-electron chi connectivity index (χ4n) is 1.57. The van der Waals surface area contributed by atoms with Crippen LogP contribution in [0.1, 0.15) is 21.6 Å². The highest BCUT2D eigenvalue weighted by molar-refractivity contribution is 9.10. The molecule has 0 saturated heterocycles. The van der Waals surface area contributed by atoms with Crippen LogP contribution < -0.4 is 0 Å². The van der Waals surface area contributed by atoms with E-state index < -0.39 is 0 Å². The van der Waals surface area contributed by atoms with Gasteiger partial charge in [0.2, 0.25) is 0 Å². The van der Waals surface area contributed by atoms with Gasteiger partial charge < -0.3 is 0 Å². The van der Waals surface area contributed by atoms with Gasteiger partial charge in [-0.1, -0.05) is 29.8 Å². The van der Waals surface area contributed by atoms with E-state index in [9.17, 15) is 4.79 Å². The Morgan fingerprint density at radius 2 is 1.94 bits per heavy atom. The number of aromatic nitrogens is 1. The van der Waals surface area contributed by atoms with Crippen LogP contribution in [0.25, 0.3) is 0 Å². The average Bonchev–Trinajstić information content (AvgIpc) is 2.32. The standard InChI is InChI=1S/C14H12BrNO/c1-10-4-6-11(7-5-10)9-13(17)14-12(15)3-2-8-16-14/h2-8H,9H2,1H3.